The third-order valence-electron chi connectivity index (χ3n) is 4.66. The molecule has 0 saturated heterocycles. The van der Waals surface area contributed by atoms with Gasteiger partial charge < -0.3 is 10.1 Å². The summed E-state index contributed by atoms with van der Waals surface area (Å²) in [5.41, 5.74) is 5.92. The van der Waals surface area contributed by atoms with Crippen molar-refractivity contribution in [2.45, 2.75) is 13.3 Å². The fourth-order valence-electron chi connectivity index (χ4n) is 3.15. The molecule has 2 aromatic carbocycles. The Balaban J connectivity index is 1.34. The number of ether oxygens (including phenoxy) is 1. The molecule has 0 bridgehead atoms. The number of nitrogens with one attached hydrogen (secondary N) is 1. The van der Waals surface area contributed by atoms with Crippen LogP contribution < -0.4 is 10.1 Å². The second-order valence-electron chi connectivity index (χ2n) is 6.84. The van der Waals surface area contributed by atoms with E-state index in [4.69, 9.17) is 14.7 Å². The Morgan fingerprint density at radius 1 is 0.966 bits per heavy atom. The molecule has 3 heterocycles. The van der Waals surface area contributed by atoms with Gasteiger partial charge in [-0.25, -0.2) is 9.97 Å². The molecule has 5 nitrogen and oxygen atoms in total. The van der Waals surface area contributed by atoms with Gasteiger partial charge in [0, 0.05) is 21.9 Å². The van der Waals surface area contributed by atoms with Crippen LogP contribution in [0.1, 0.15) is 15.6 Å². The van der Waals surface area contributed by atoms with Crippen LogP contribution in [0.25, 0.3) is 22.5 Å². The van der Waals surface area contributed by atoms with Crippen LogP contribution >= 0.6 is 22.7 Å². The number of hydrogen-bond acceptors (Lipinski definition) is 6. The minimum atomic E-state index is -0.137. The van der Waals surface area contributed by atoms with Crippen molar-refractivity contribution in [3.8, 4) is 28.3 Å². The first-order valence-electron chi connectivity index (χ1n) is 9.17. The van der Waals surface area contributed by atoms with Crippen molar-refractivity contribution in [1.29, 1.82) is 0 Å². The van der Waals surface area contributed by atoms with Crippen molar-refractivity contribution in [3.05, 3.63) is 68.8 Å². The van der Waals surface area contributed by atoms with E-state index in [0.29, 0.717) is 17.9 Å². The molecule has 1 aliphatic heterocycles. The molecule has 1 N–H and O–H groups in total. The highest BCUT2D eigenvalue weighted by atomic mass is 32.1. The zero-order chi connectivity index (χ0) is 19.8. The predicted molar refractivity (Wildman–Crippen MR) is 117 cm³/mol. The van der Waals surface area contributed by atoms with E-state index in [-0.39, 0.29) is 12.5 Å². The van der Waals surface area contributed by atoms with Crippen molar-refractivity contribution in [2.24, 2.45) is 0 Å². The number of fused-ring (bicyclic) bond motifs is 1. The van der Waals surface area contributed by atoms with Gasteiger partial charge in [0.15, 0.2) is 6.61 Å². The normalized spacial score (nSPS) is 12.9. The number of amides is 1. The Bertz CT molecular complexity index is 1200. The molecule has 1 aliphatic rings. The summed E-state index contributed by atoms with van der Waals surface area (Å²) in [5, 5.41) is 9.04. The number of carbonyl (C=O) groups excluding carboxylic acids is 1. The summed E-state index contributed by atoms with van der Waals surface area (Å²) in [7, 11) is 0. The zero-order valence-corrected chi connectivity index (χ0v) is 17.3. The number of rotatable bonds is 4. The summed E-state index contributed by atoms with van der Waals surface area (Å²) in [6, 6.07) is 14.2. The Labute approximate surface area is 176 Å². The van der Waals surface area contributed by atoms with Gasteiger partial charge in [-0.05, 0) is 25.1 Å². The molecule has 0 radical (unpaired) electrons. The highest BCUT2D eigenvalue weighted by molar-refractivity contribution is 7.11. The average molecular weight is 420 g/mol. The third kappa shape index (κ3) is 3.79. The molecule has 0 atom stereocenters. The fraction of sp³-hybridized carbons (Fsp3) is 0.136. The van der Waals surface area contributed by atoms with E-state index in [1.54, 1.807) is 22.7 Å². The number of aromatic nitrogens is 2. The van der Waals surface area contributed by atoms with Crippen LogP contribution in [0.2, 0.25) is 0 Å². The molecule has 0 spiro atoms. The summed E-state index contributed by atoms with van der Waals surface area (Å²) < 4.78 is 5.42. The Morgan fingerprint density at radius 2 is 1.62 bits per heavy atom. The quantitative estimate of drug-likeness (QED) is 0.496. The van der Waals surface area contributed by atoms with Crippen molar-refractivity contribution < 1.29 is 9.53 Å². The van der Waals surface area contributed by atoms with Gasteiger partial charge in [0.25, 0.3) is 5.91 Å². The lowest BCUT2D eigenvalue weighted by Crippen LogP contribution is -2.25. The number of hydrogen-bond donors (Lipinski definition) is 1. The van der Waals surface area contributed by atoms with Gasteiger partial charge in [0.1, 0.15) is 15.8 Å². The van der Waals surface area contributed by atoms with Crippen molar-refractivity contribution in [1.82, 2.24) is 9.97 Å². The number of anilines is 1. The van der Waals surface area contributed by atoms with Crippen LogP contribution in [0.4, 0.5) is 5.69 Å². The molecule has 4 aromatic rings. The van der Waals surface area contributed by atoms with E-state index >= 15 is 0 Å². The van der Waals surface area contributed by atoms with Crippen LogP contribution in [0.15, 0.2) is 53.2 Å². The summed E-state index contributed by atoms with van der Waals surface area (Å²) >= 11 is 3.28. The molecule has 5 rings (SSSR count). The largest absolute Gasteiger partial charge is 0.482 e. The maximum Gasteiger partial charge on any atom is 0.262 e. The molecule has 0 fully saturated rings. The number of thiazole rings is 2. The van der Waals surface area contributed by atoms with Crippen molar-refractivity contribution in [3.63, 3.8) is 0 Å². The lowest BCUT2D eigenvalue weighted by molar-refractivity contribution is -0.118. The van der Waals surface area contributed by atoms with Crippen molar-refractivity contribution in [2.75, 3.05) is 11.9 Å². The molecule has 0 aliphatic carbocycles. The molecule has 2 aromatic heterocycles. The SMILES string of the molecule is Cc1ccc(-c2csc(Cc3nc(-c4ccc5c(c4)NC(=O)CO5)cs3)n2)cc1. The van der Waals surface area contributed by atoms with E-state index in [0.717, 1.165) is 32.5 Å². The first-order chi connectivity index (χ1) is 14.1. The number of carbonyl (C=O) groups is 1. The number of nitrogens with zero attached hydrogens (tertiary/aromatic N) is 2. The van der Waals surface area contributed by atoms with E-state index in [1.807, 2.05) is 23.6 Å². The lowest BCUT2D eigenvalue weighted by Gasteiger charge is -2.18. The third-order valence-corrected chi connectivity index (χ3v) is 6.36. The van der Waals surface area contributed by atoms with Crippen LogP contribution in [0, 0.1) is 6.92 Å². The molecule has 29 heavy (non-hydrogen) atoms. The topological polar surface area (TPSA) is 64.1 Å². The highest BCUT2D eigenvalue weighted by Crippen LogP contribution is 2.33. The van der Waals surface area contributed by atoms with Gasteiger partial charge >= 0.3 is 0 Å². The van der Waals surface area contributed by atoms with E-state index in [2.05, 4.69) is 41.9 Å². The first kappa shape index (κ1) is 18.0. The van der Waals surface area contributed by atoms with E-state index in [9.17, 15) is 4.79 Å². The number of benzene rings is 2. The van der Waals surface area contributed by atoms with Crippen LogP contribution in [0.3, 0.4) is 0 Å². The van der Waals surface area contributed by atoms with Gasteiger partial charge in [-0.1, -0.05) is 29.8 Å². The first-order valence-corrected chi connectivity index (χ1v) is 10.9. The van der Waals surface area contributed by atoms with Crippen molar-refractivity contribution >= 4 is 34.3 Å². The number of aryl methyl sites for hydroxylation is 1. The van der Waals surface area contributed by atoms with Gasteiger partial charge in [-0.2, -0.15) is 0 Å². The smallest absolute Gasteiger partial charge is 0.262 e. The molecular formula is C22H17N3O2S2. The molecule has 0 unspecified atom stereocenters. The van der Waals surface area contributed by atoms with E-state index in [1.165, 1.54) is 5.56 Å². The molecular weight excluding hydrogens is 402 g/mol. The molecule has 1 amide bonds. The molecule has 0 saturated carbocycles. The Hall–Kier alpha value is -3.03. The van der Waals surface area contributed by atoms with Gasteiger partial charge in [0.2, 0.25) is 0 Å². The maximum atomic E-state index is 11.5. The lowest BCUT2D eigenvalue weighted by atomic mass is 10.1. The minimum absolute atomic E-state index is 0.0611. The molecule has 144 valence electrons. The highest BCUT2D eigenvalue weighted by Gasteiger charge is 2.17. The monoisotopic (exact) mass is 419 g/mol. The average Bonchev–Trinajstić information content (AvgIpc) is 3.38. The Morgan fingerprint density at radius 3 is 2.34 bits per heavy atom. The summed E-state index contributed by atoms with van der Waals surface area (Å²) in [6.07, 6.45) is 0.714. The van der Waals surface area contributed by atoms with Gasteiger partial charge in [-0.15, -0.1) is 22.7 Å². The minimum Gasteiger partial charge on any atom is -0.482 e. The van der Waals surface area contributed by atoms with Crippen LogP contribution in [-0.4, -0.2) is 22.5 Å². The fourth-order valence-corrected chi connectivity index (χ4v) is 4.85. The predicted octanol–water partition coefficient (Wildman–Crippen LogP) is 5.16. The van der Waals surface area contributed by atoms with E-state index < -0.39 is 0 Å². The van der Waals surface area contributed by atoms with Gasteiger partial charge in [-0.3, -0.25) is 4.79 Å². The maximum absolute atomic E-state index is 11.5. The second-order valence-corrected chi connectivity index (χ2v) is 8.73. The van der Waals surface area contributed by atoms with Crippen LogP contribution in [-0.2, 0) is 11.2 Å². The van der Waals surface area contributed by atoms with Gasteiger partial charge in [0.05, 0.1) is 23.5 Å². The summed E-state index contributed by atoms with van der Waals surface area (Å²) in [6.45, 7) is 2.14. The Kier molecular flexibility index (Phi) is 4.61. The van der Waals surface area contributed by atoms with Crippen LogP contribution in [0.5, 0.6) is 5.75 Å². The zero-order valence-electron chi connectivity index (χ0n) is 15.6. The second kappa shape index (κ2) is 7.42. The standard InChI is InChI=1S/C22H17N3O2S2/c1-13-2-4-14(5-3-13)17-11-28-21(24-17)9-22-25-18(12-29-22)15-6-7-19-16(8-15)23-20(26)10-27-19/h2-8,11-12H,9-10H2,1H3,(H,23,26). The molecule has 7 heteroatoms. The summed E-state index contributed by atoms with van der Waals surface area (Å²) in [4.78, 5) is 21.1. The summed E-state index contributed by atoms with van der Waals surface area (Å²) in [5.74, 6) is 0.553.